The van der Waals surface area contributed by atoms with Crippen LogP contribution in [0.15, 0.2) is 24.3 Å². The van der Waals surface area contributed by atoms with Crippen LogP contribution in [0.2, 0.25) is 0 Å². The minimum absolute atomic E-state index is 0.267. The van der Waals surface area contributed by atoms with Crippen LogP contribution in [0.4, 0.5) is 5.69 Å². The molecule has 1 saturated carbocycles. The van der Waals surface area contributed by atoms with Crippen molar-refractivity contribution < 1.29 is 9.53 Å². The van der Waals surface area contributed by atoms with E-state index in [4.69, 9.17) is 4.74 Å². The zero-order valence-electron chi connectivity index (χ0n) is 14.7. The summed E-state index contributed by atoms with van der Waals surface area (Å²) in [7, 11) is 1.42. The van der Waals surface area contributed by atoms with Crippen LogP contribution in [0.25, 0.3) is 0 Å². The number of nitrogens with zero attached hydrogens (tertiary/aromatic N) is 1. The zero-order chi connectivity index (χ0) is 16.7. The van der Waals surface area contributed by atoms with Gasteiger partial charge >= 0.3 is 5.97 Å². The molecule has 3 rings (SSSR count). The van der Waals surface area contributed by atoms with Gasteiger partial charge in [-0.3, -0.25) is 0 Å². The predicted molar refractivity (Wildman–Crippen MR) is 95.1 cm³/mol. The second-order valence-corrected chi connectivity index (χ2v) is 6.12. The lowest BCUT2D eigenvalue weighted by molar-refractivity contribution is 0.0601. The lowest BCUT2D eigenvalue weighted by atomic mass is 10.0. The number of esters is 1. The van der Waals surface area contributed by atoms with Gasteiger partial charge in [-0.15, -0.1) is 0 Å². The van der Waals surface area contributed by atoms with Crippen LogP contribution in [0.3, 0.4) is 0 Å². The molecule has 23 heavy (non-hydrogen) atoms. The number of piperidine rings is 1. The van der Waals surface area contributed by atoms with Gasteiger partial charge in [0.1, 0.15) is 0 Å². The van der Waals surface area contributed by atoms with E-state index in [-0.39, 0.29) is 5.97 Å². The number of methoxy groups -OCH3 is 1. The maximum Gasteiger partial charge on any atom is 0.337 e. The molecule has 0 atom stereocenters. The molecule has 1 N–H and O–H groups in total. The fourth-order valence-electron chi connectivity index (χ4n) is 3.07. The summed E-state index contributed by atoms with van der Waals surface area (Å²) in [6.07, 6.45) is 5.13. The summed E-state index contributed by atoms with van der Waals surface area (Å²) in [5, 5.41) is 3.43. The molecule has 0 spiro atoms. The Kier molecular flexibility index (Phi) is 6.90. The summed E-state index contributed by atoms with van der Waals surface area (Å²) < 4.78 is 4.77. The molecule has 0 aromatic heterocycles. The van der Waals surface area contributed by atoms with Crippen LogP contribution in [-0.2, 0) is 4.74 Å². The first-order chi connectivity index (χ1) is 11.3. The van der Waals surface area contributed by atoms with Gasteiger partial charge in [-0.05, 0) is 69.0 Å². The lowest BCUT2D eigenvalue weighted by Crippen LogP contribution is -2.44. The van der Waals surface area contributed by atoms with Crippen LogP contribution in [0, 0.1) is 5.92 Å². The fourth-order valence-corrected chi connectivity index (χ4v) is 3.07. The maximum absolute atomic E-state index is 11.5. The van der Waals surface area contributed by atoms with Crippen molar-refractivity contribution in [2.45, 2.75) is 45.6 Å². The quantitative estimate of drug-likeness (QED) is 0.844. The van der Waals surface area contributed by atoms with Crippen LogP contribution < -0.4 is 10.2 Å². The topological polar surface area (TPSA) is 41.6 Å². The second kappa shape index (κ2) is 8.92. The largest absolute Gasteiger partial charge is 0.465 e. The number of hydrogen-bond acceptors (Lipinski definition) is 4. The number of benzene rings is 1. The summed E-state index contributed by atoms with van der Waals surface area (Å²) in [5.41, 5.74) is 1.86. The molecule has 1 aliphatic carbocycles. The number of carbonyl (C=O) groups is 1. The smallest absolute Gasteiger partial charge is 0.337 e. The second-order valence-electron chi connectivity index (χ2n) is 6.12. The van der Waals surface area contributed by atoms with E-state index in [1.807, 2.05) is 26.0 Å². The number of ether oxygens (including phenoxy) is 1. The Morgan fingerprint density at radius 3 is 2.26 bits per heavy atom. The Morgan fingerprint density at radius 2 is 1.74 bits per heavy atom. The van der Waals surface area contributed by atoms with Gasteiger partial charge in [0.2, 0.25) is 0 Å². The highest BCUT2D eigenvalue weighted by Crippen LogP contribution is 2.33. The lowest BCUT2D eigenvalue weighted by Gasteiger charge is -2.36. The molecule has 1 heterocycles. The van der Waals surface area contributed by atoms with Gasteiger partial charge < -0.3 is 15.0 Å². The van der Waals surface area contributed by atoms with E-state index < -0.39 is 0 Å². The van der Waals surface area contributed by atoms with E-state index >= 15 is 0 Å². The van der Waals surface area contributed by atoms with E-state index in [9.17, 15) is 4.79 Å². The van der Waals surface area contributed by atoms with Crippen LogP contribution in [0.1, 0.15) is 49.9 Å². The SMILES string of the molecule is CC.COC(=O)c1ccc(N(CC2CC2)C2CCNCC2)cc1. The fraction of sp³-hybridized carbons (Fsp3) is 0.632. The van der Waals surface area contributed by atoms with Gasteiger partial charge in [-0.2, -0.15) is 0 Å². The van der Waals surface area contributed by atoms with E-state index in [1.165, 1.54) is 38.5 Å². The molecule has 1 aliphatic heterocycles. The number of nitrogens with one attached hydrogen (secondary N) is 1. The first-order valence-electron chi connectivity index (χ1n) is 8.93. The third-order valence-corrected chi connectivity index (χ3v) is 4.52. The molecule has 4 heteroatoms. The Balaban J connectivity index is 0.000000924. The van der Waals surface area contributed by atoms with E-state index in [2.05, 4.69) is 22.3 Å². The van der Waals surface area contributed by atoms with Crippen molar-refractivity contribution in [1.82, 2.24) is 5.32 Å². The molecule has 1 saturated heterocycles. The Morgan fingerprint density at radius 1 is 1.13 bits per heavy atom. The molecule has 4 nitrogen and oxygen atoms in total. The minimum atomic E-state index is -0.267. The van der Waals surface area contributed by atoms with E-state index in [0.717, 1.165) is 25.6 Å². The van der Waals surface area contributed by atoms with Crippen molar-refractivity contribution in [3.05, 3.63) is 29.8 Å². The highest BCUT2D eigenvalue weighted by Gasteiger charge is 2.29. The van der Waals surface area contributed by atoms with Crippen LogP contribution >= 0.6 is 0 Å². The molecule has 0 unspecified atom stereocenters. The molecule has 0 radical (unpaired) electrons. The maximum atomic E-state index is 11.5. The molecule has 1 aromatic rings. The van der Waals surface area contributed by atoms with E-state index in [1.54, 1.807) is 0 Å². The number of hydrogen-bond donors (Lipinski definition) is 1. The van der Waals surface area contributed by atoms with Gasteiger partial charge in [0.15, 0.2) is 0 Å². The van der Waals surface area contributed by atoms with Crippen LogP contribution in [-0.4, -0.2) is 38.8 Å². The van der Waals surface area contributed by atoms with Gasteiger partial charge in [0.05, 0.1) is 12.7 Å². The summed E-state index contributed by atoms with van der Waals surface area (Å²) in [5.74, 6) is 0.595. The van der Waals surface area contributed by atoms with Gasteiger partial charge in [-0.25, -0.2) is 4.79 Å². The number of rotatable bonds is 5. The molecular weight excluding hydrogens is 288 g/mol. The van der Waals surface area contributed by atoms with Gasteiger partial charge in [-0.1, -0.05) is 13.8 Å². The third-order valence-electron chi connectivity index (χ3n) is 4.52. The number of carbonyl (C=O) groups excluding carboxylic acids is 1. The first-order valence-corrected chi connectivity index (χ1v) is 8.93. The van der Waals surface area contributed by atoms with Crippen molar-refractivity contribution in [3.8, 4) is 0 Å². The third kappa shape index (κ3) is 4.96. The Bertz CT molecular complexity index is 477. The standard InChI is InChI=1S/C17H24N2O2.C2H6/c1-21-17(20)14-4-6-15(7-5-14)19(12-13-2-3-13)16-8-10-18-11-9-16;1-2/h4-7,13,16,18H,2-3,8-12H2,1H3;1-2H3. The molecule has 128 valence electrons. The van der Waals surface area contributed by atoms with Gasteiger partial charge in [0, 0.05) is 18.3 Å². The average Bonchev–Trinajstić information content (AvgIpc) is 3.46. The average molecular weight is 318 g/mol. The van der Waals surface area contributed by atoms with Crippen LogP contribution in [0.5, 0.6) is 0 Å². The summed E-state index contributed by atoms with van der Waals surface area (Å²) in [6.45, 7) is 7.36. The Hall–Kier alpha value is -1.55. The summed E-state index contributed by atoms with van der Waals surface area (Å²) in [4.78, 5) is 14.1. The highest BCUT2D eigenvalue weighted by atomic mass is 16.5. The highest BCUT2D eigenvalue weighted by molar-refractivity contribution is 5.89. The summed E-state index contributed by atoms with van der Waals surface area (Å²) >= 11 is 0. The monoisotopic (exact) mass is 318 g/mol. The molecule has 0 bridgehead atoms. The predicted octanol–water partition coefficient (Wildman–Crippen LogP) is 3.47. The normalized spacial score (nSPS) is 17.9. The van der Waals surface area contributed by atoms with Crippen molar-refractivity contribution in [1.29, 1.82) is 0 Å². The zero-order valence-corrected chi connectivity index (χ0v) is 14.7. The molecule has 1 aromatic carbocycles. The van der Waals surface area contributed by atoms with Gasteiger partial charge in [0.25, 0.3) is 0 Å². The van der Waals surface area contributed by atoms with Crippen molar-refractivity contribution in [2.75, 3.05) is 31.6 Å². The minimum Gasteiger partial charge on any atom is -0.465 e. The van der Waals surface area contributed by atoms with Crippen molar-refractivity contribution in [2.24, 2.45) is 5.92 Å². The van der Waals surface area contributed by atoms with Crippen molar-refractivity contribution in [3.63, 3.8) is 0 Å². The molecule has 0 amide bonds. The first kappa shape index (κ1) is 17.8. The molecule has 2 aliphatic rings. The molecule has 2 fully saturated rings. The Labute approximate surface area is 140 Å². The van der Waals surface area contributed by atoms with Crippen molar-refractivity contribution >= 4 is 11.7 Å². The number of anilines is 1. The summed E-state index contributed by atoms with van der Waals surface area (Å²) in [6, 6.07) is 8.51. The molecular formula is C19H30N2O2. The van der Waals surface area contributed by atoms with E-state index in [0.29, 0.717) is 11.6 Å².